The molecule has 2 rings (SSSR count). The maximum absolute atomic E-state index is 4.58. The number of nitrogens with zero attached hydrogens (tertiary/aromatic N) is 1. The Kier molecular flexibility index (Phi) is 5.94. The predicted octanol–water partition coefficient (Wildman–Crippen LogP) is 4.43. The first-order valence-corrected chi connectivity index (χ1v) is 7.99. The Hall–Kier alpha value is -1.67. The summed E-state index contributed by atoms with van der Waals surface area (Å²) < 4.78 is 0. The number of hydrogen-bond donors (Lipinski definition) is 1. The van der Waals surface area contributed by atoms with Crippen molar-refractivity contribution in [1.82, 2.24) is 10.3 Å². The predicted molar refractivity (Wildman–Crippen MR) is 89.5 cm³/mol. The van der Waals surface area contributed by atoms with Gasteiger partial charge < -0.3 is 5.32 Å². The minimum absolute atomic E-state index is 0.182. The summed E-state index contributed by atoms with van der Waals surface area (Å²) in [5, 5.41) is 3.64. The van der Waals surface area contributed by atoms with E-state index in [9.17, 15) is 0 Å². The first kappa shape index (κ1) is 15.7. The molecule has 1 aromatic heterocycles. The maximum Gasteiger partial charge on any atom is 0.0751 e. The van der Waals surface area contributed by atoms with Gasteiger partial charge in [0.25, 0.3) is 0 Å². The fraction of sp³-hybridized carbons (Fsp3) is 0.421. The van der Waals surface area contributed by atoms with Crippen LogP contribution in [-0.2, 0) is 6.42 Å². The third-order valence-corrected chi connectivity index (χ3v) is 3.65. The van der Waals surface area contributed by atoms with Gasteiger partial charge in [-0.2, -0.15) is 0 Å². The summed E-state index contributed by atoms with van der Waals surface area (Å²) in [4.78, 5) is 4.58. The van der Waals surface area contributed by atoms with Crippen LogP contribution in [0.1, 0.15) is 55.1 Å². The topological polar surface area (TPSA) is 24.9 Å². The van der Waals surface area contributed by atoms with Crippen LogP contribution in [0, 0.1) is 6.92 Å². The first-order valence-electron chi connectivity index (χ1n) is 7.99. The zero-order chi connectivity index (χ0) is 15.1. The zero-order valence-corrected chi connectivity index (χ0v) is 13.4. The lowest BCUT2D eigenvalue weighted by atomic mass is 9.98. The van der Waals surface area contributed by atoms with E-state index >= 15 is 0 Å². The van der Waals surface area contributed by atoms with E-state index in [2.05, 4.69) is 61.4 Å². The molecule has 0 amide bonds. The summed E-state index contributed by atoms with van der Waals surface area (Å²) in [6.45, 7) is 7.54. The fourth-order valence-electron chi connectivity index (χ4n) is 2.62. The molecule has 21 heavy (non-hydrogen) atoms. The highest BCUT2D eigenvalue weighted by Gasteiger charge is 2.15. The van der Waals surface area contributed by atoms with Crippen molar-refractivity contribution in [3.05, 3.63) is 65.0 Å². The van der Waals surface area contributed by atoms with E-state index < -0.39 is 0 Å². The molecule has 0 spiro atoms. The van der Waals surface area contributed by atoms with E-state index in [-0.39, 0.29) is 6.04 Å². The first-order chi connectivity index (χ1) is 10.2. The van der Waals surface area contributed by atoms with Gasteiger partial charge in [0.2, 0.25) is 0 Å². The smallest absolute Gasteiger partial charge is 0.0751 e. The Morgan fingerprint density at radius 2 is 1.95 bits per heavy atom. The van der Waals surface area contributed by atoms with Crippen molar-refractivity contribution in [1.29, 1.82) is 0 Å². The Labute approximate surface area is 128 Å². The summed E-state index contributed by atoms with van der Waals surface area (Å²) >= 11 is 0. The van der Waals surface area contributed by atoms with Crippen LogP contribution < -0.4 is 5.32 Å². The van der Waals surface area contributed by atoms with E-state index in [1.807, 2.05) is 12.3 Å². The van der Waals surface area contributed by atoms with Gasteiger partial charge in [0.05, 0.1) is 11.7 Å². The molecule has 2 nitrogen and oxygen atoms in total. The molecule has 2 aromatic rings. The summed E-state index contributed by atoms with van der Waals surface area (Å²) in [5.74, 6) is 0. The van der Waals surface area contributed by atoms with Gasteiger partial charge in [0.15, 0.2) is 0 Å². The van der Waals surface area contributed by atoms with Crippen molar-refractivity contribution >= 4 is 0 Å². The largest absolute Gasteiger partial charge is 0.305 e. The highest BCUT2D eigenvalue weighted by Crippen LogP contribution is 2.22. The average Bonchev–Trinajstić information content (AvgIpc) is 2.49. The van der Waals surface area contributed by atoms with E-state index in [1.165, 1.54) is 23.1 Å². The molecule has 1 atom stereocenters. The summed E-state index contributed by atoms with van der Waals surface area (Å²) in [6, 6.07) is 13.3. The third-order valence-electron chi connectivity index (χ3n) is 3.65. The summed E-state index contributed by atoms with van der Waals surface area (Å²) in [7, 11) is 0. The van der Waals surface area contributed by atoms with Crippen LogP contribution in [0.4, 0.5) is 0 Å². The number of benzene rings is 1. The number of nitrogens with one attached hydrogen (secondary N) is 1. The van der Waals surface area contributed by atoms with Crippen LogP contribution in [0.15, 0.2) is 42.6 Å². The number of rotatable bonds is 7. The molecule has 1 unspecified atom stereocenters. The highest BCUT2D eigenvalue weighted by atomic mass is 14.9. The van der Waals surface area contributed by atoms with Crippen LogP contribution in [0.5, 0.6) is 0 Å². The molecule has 0 fully saturated rings. The van der Waals surface area contributed by atoms with Crippen molar-refractivity contribution in [2.75, 3.05) is 6.54 Å². The molecule has 1 aromatic carbocycles. The Morgan fingerprint density at radius 1 is 1.10 bits per heavy atom. The molecular formula is C19H26N2. The Bertz CT molecular complexity index is 563. The molecule has 0 aliphatic rings. The van der Waals surface area contributed by atoms with Gasteiger partial charge in [0, 0.05) is 6.20 Å². The van der Waals surface area contributed by atoms with Crippen molar-refractivity contribution < 1.29 is 0 Å². The van der Waals surface area contributed by atoms with Crippen molar-refractivity contribution in [2.45, 2.75) is 46.1 Å². The van der Waals surface area contributed by atoms with Crippen LogP contribution >= 0.6 is 0 Å². The van der Waals surface area contributed by atoms with Crippen LogP contribution in [0.3, 0.4) is 0 Å². The van der Waals surface area contributed by atoms with Crippen molar-refractivity contribution in [2.24, 2.45) is 0 Å². The summed E-state index contributed by atoms with van der Waals surface area (Å²) in [6.07, 6.45) is 5.34. The van der Waals surface area contributed by atoms with E-state index in [4.69, 9.17) is 0 Å². The normalized spacial score (nSPS) is 12.3. The lowest BCUT2D eigenvalue weighted by Gasteiger charge is -2.19. The Balaban J connectivity index is 2.33. The Morgan fingerprint density at radius 3 is 2.67 bits per heavy atom. The van der Waals surface area contributed by atoms with Crippen molar-refractivity contribution in [3.8, 4) is 0 Å². The third kappa shape index (κ3) is 4.40. The van der Waals surface area contributed by atoms with Gasteiger partial charge >= 0.3 is 0 Å². The lowest BCUT2D eigenvalue weighted by Crippen LogP contribution is -2.24. The van der Waals surface area contributed by atoms with E-state index in [0.29, 0.717) is 0 Å². The van der Waals surface area contributed by atoms with Gasteiger partial charge in [0.1, 0.15) is 0 Å². The fourth-order valence-corrected chi connectivity index (χ4v) is 2.62. The molecule has 0 aliphatic heterocycles. The molecule has 112 valence electrons. The monoisotopic (exact) mass is 282 g/mol. The minimum Gasteiger partial charge on any atom is -0.305 e. The van der Waals surface area contributed by atoms with Crippen LogP contribution in [0.25, 0.3) is 0 Å². The maximum atomic E-state index is 4.58. The van der Waals surface area contributed by atoms with E-state index in [0.717, 1.165) is 25.1 Å². The molecule has 2 heteroatoms. The van der Waals surface area contributed by atoms with Gasteiger partial charge in [-0.25, -0.2) is 0 Å². The summed E-state index contributed by atoms with van der Waals surface area (Å²) in [5.41, 5.74) is 5.09. The molecular weight excluding hydrogens is 256 g/mol. The lowest BCUT2D eigenvalue weighted by molar-refractivity contribution is 0.585. The second-order valence-corrected chi connectivity index (χ2v) is 5.64. The van der Waals surface area contributed by atoms with Gasteiger partial charge in [-0.05, 0) is 55.1 Å². The molecule has 0 radical (unpaired) electrons. The number of pyridine rings is 1. The molecule has 0 saturated heterocycles. The molecule has 1 heterocycles. The number of aryl methyl sites for hydroxylation is 2. The van der Waals surface area contributed by atoms with Gasteiger partial charge in [-0.3, -0.25) is 4.98 Å². The molecule has 0 aliphatic carbocycles. The van der Waals surface area contributed by atoms with Crippen molar-refractivity contribution in [3.63, 3.8) is 0 Å². The SMILES string of the molecule is CCCNC(c1cccc(CCC)c1)c1cc(C)ccn1. The van der Waals surface area contributed by atoms with Crippen LogP contribution in [0.2, 0.25) is 0 Å². The van der Waals surface area contributed by atoms with Gasteiger partial charge in [-0.1, -0.05) is 44.5 Å². The van der Waals surface area contributed by atoms with Crippen LogP contribution in [-0.4, -0.2) is 11.5 Å². The number of hydrogen-bond acceptors (Lipinski definition) is 2. The standard InChI is InChI=1S/C19H26N2/c1-4-7-16-8-6-9-17(14-16)19(21-11-5-2)18-13-15(3)10-12-20-18/h6,8-10,12-14,19,21H,4-5,7,11H2,1-3H3. The molecule has 0 bridgehead atoms. The second kappa shape index (κ2) is 7.94. The zero-order valence-electron chi connectivity index (χ0n) is 13.4. The number of aromatic nitrogens is 1. The molecule has 0 saturated carbocycles. The molecule has 1 N–H and O–H groups in total. The van der Waals surface area contributed by atoms with E-state index in [1.54, 1.807) is 0 Å². The van der Waals surface area contributed by atoms with Gasteiger partial charge in [-0.15, -0.1) is 0 Å². The minimum atomic E-state index is 0.182. The highest BCUT2D eigenvalue weighted by molar-refractivity contribution is 5.32. The quantitative estimate of drug-likeness (QED) is 0.812. The second-order valence-electron chi connectivity index (χ2n) is 5.64. The average molecular weight is 282 g/mol.